The van der Waals surface area contributed by atoms with Crippen molar-refractivity contribution in [3.63, 3.8) is 0 Å². The van der Waals surface area contributed by atoms with E-state index in [4.69, 9.17) is 11.6 Å². The molecule has 77 valence electrons. The first-order chi connectivity index (χ1) is 7.11. The SMILES string of the molecule is Cc1c(Cl)ccc2nc[c]c(C(C)C)c12. The van der Waals surface area contributed by atoms with E-state index in [0.717, 1.165) is 21.5 Å². The van der Waals surface area contributed by atoms with Gasteiger partial charge >= 0.3 is 0 Å². The summed E-state index contributed by atoms with van der Waals surface area (Å²) in [6.07, 6.45) is 1.74. The number of aromatic nitrogens is 1. The van der Waals surface area contributed by atoms with Crippen LogP contribution in [0.4, 0.5) is 0 Å². The van der Waals surface area contributed by atoms with E-state index in [0.29, 0.717) is 5.92 Å². The van der Waals surface area contributed by atoms with E-state index >= 15 is 0 Å². The standard InChI is InChI=1S/C13H13ClN/c1-8(2)10-6-7-15-12-5-4-11(14)9(3)13(10)12/h4-5,7-8H,1-3H3. The maximum atomic E-state index is 6.12. The van der Waals surface area contributed by atoms with E-state index in [1.54, 1.807) is 6.20 Å². The Kier molecular flexibility index (Phi) is 2.66. The number of aryl methyl sites for hydroxylation is 1. The number of nitrogens with zero attached hydrogens (tertiary/aromatic N) is 1. The summed E-state index contributed by atoms with van der Waals surface area (Å²) in [6, 6.07) is 7.07. The molecule has 2 aromatic rings. The average Bonchev–Trinajstić information content (AvgIpc) is 2.23. The fourth-order valence-corrected chi connectivity index (χ4v) is 1.98. The minimum atomic E-state index is 0.438. The third kappa shape index (κ3) is 1.72. The van der Waals surface area contributed by atoms with Crippen molar-refractivity contribution in [3.8, 4) is 0 Å². The summed E-state index contributed by atoms with van der Waals surface area (Å²) in [5.74, 6) is 0.438. The van der Waals surface area contributed by atoms with Crippen molar-refractivity contribution >= 4 is 22.5 Å². The second-order valence-corrected chi connectivity index (χ2v) is 4.44. The van der Waals surface area contributed by atoms with Crippen molar-refractivity contribution in [2.24, 2.45) is 0 Å². The molecule has 1 aromatic carbocycles. The lowest BCUT2D eigenvalue weighted by molar-refractivity contribution is 0.871. The summed E-state index contributed by atoms with van der Waals surface area (Å²) in [5, 5.41) is 1.95. The molecule has 1 heterocycles. The van der Waals surface area contributed by atoms with E-state index < -0.39 is 0 Å². The smallest absolute Gasteiger partial charge is 0.0709 e. The van der Waals surface area contributed by atoms with Crippen LogP contribution in [0.2, 0.25) is 5.02 Å². The molecule has 0 spiro atoms. The van der Waals surface area contributed by atoms with Crippen LogP contribution < -0.4 is 0 Å². The van der Waals surface area contributed by atoms with Crippen molar-refractivity contribution in [1.29, 1.82) is 0 Å². The van der Waals surface area contributed by atoms with E-state index in [9.17, 15) is 0 Å². The van der Waals surface area contributed by atoms with Crippen LogP contribution in [0, 0.1) is 13.0 Å². The van der Waals surface area contributed by atoms with Crippen LogP contribution in [0.3, 0.4) is 0 Å². The molecule has 15 heavy (non-hydrogen) atoms. The molecule has 1 aromatic heterocycles. The van der Waals surface area contributed by atoms with Gasteiger partial charge in [-0.2, -0.15) is 0 Å². The first-order valence-corrected chi connectivity index (χ1v) is 5.44. The van der Waals surface area contributed by atoms with E-state index in [2.05, 4.69) is 24.9 Å². The Balaban J connectivity index is 2.88. The van der Waals surface area contributed by atoms with Crippen molar-refractivity contribution in [2.45, 2.75) is 26.7 Å². The van der Waals surface area contributed by atoms with Crippen LogP contribution in [0.5, 0.6) is 0 Å². The van der Waals surface area contributed by atoms with Gasteiger partial charge in [-0.3, -0.25) is 4.98 Å². The second-order valence-electron chi connectivity index (χ2n) is 4.04. The Bertz CT molecular complexity index is 503. The highest BCUT2D eigenvalue weighted by atomic mass is 35.5. The fourth-order valence-electron chi connectivity index (χ4n) is 1.82. The molecule has 0 unspecified atom stereocenters. The number of pyridine rings is 1. The van der Waals surface area contributed by atoms with Gasteiger partial charge in [-0.05, 0) is 36.1 Å². The van der Waals surface area contributed by atoms with Crippen LogP contribution in [0.15, 0.2) is 18.3 Å². The Labute approximate surface area is 95.1 Å². The molecule has 0 amide bonds. The van der Waals surface area contributed by atoms with Crippen LogP contribution in [0.1, 0.15) is 30.9 Å². The quantitative estimate of drug-likeness (QED) is 0.702. The predicted octanol–water partition coefficient (Wildman–Crippen LogP) is 4.12. The molecular weight excluding hydrogens is 206 g/mol. The molecule has 0 saturated carbocycles. The molecule has 2 rings (SSSR count). The molecular formula is C13H13ClN. The van der Waals surface area contributed by atoms with Gasteiger partial charge in [0.1, 0.15) is 0 Å². The molecule has 0 aliphatic rings. The minimum Gasteiger partial charge on any atom is -0.256 e. The Hall–Kier alpha value is -1.08. The Morgan fingerprint density at radius 1 is 1.33 bits per heavy atom. The molecule has 0 N–H and O–H groups in total. The monoisotopic (exact) mass is 218 g/mol. The minimum absolute atomic E-state index is 0.438. The second kappa shape index (κ2) is 3.82. The number of rotatable bonds is 1. The van der Waals surface area contributed by atoms with Gasteiger partial charge < -0.3 is 0 Å². The van der Waals surface area contributed by atoms with Gasteiger partial charge in [0.25, 0.3) is 0 Å². The lowest BCUT2D eigenvalue weighted by Gasteiger charge is -2.11. The molecule has 1 nitrogen and oxygen atoms in total. The molecule has 0 aliphatic heterocycles. The molecule has 1 radical (unpaired) electrons. The maximum absolute atomic E-state index is 6.12. The summed E-state index contributed by atoms with van der Waals surface area (Å²) in [4.78, 5) is 4.31. The van der Waals surface area contributed by atoms with Crippen molar-refractivity contribution in [1.82, 2.24) is 4.98 Å². The third-order valence-electron chi connectivity index (χ3n) is 2.65. The largest absolute Gasteiger partial charge is 0.256 e. The number of hydrogen-bond acceptors (Lipinski definition) is 1. The zero-order chi connectivity index (χ0) is 11.0. The molecule has 0 saturated heterocycles. The zero-order valence-electron chi connectivity index (χ0n) is 9.13. The van der Waals surface area contributed by atoms with E-state index in [1.807, 2.05) is 19.1 Å². The number of benzene rings is 1. The highest BCUT2D eigenvalue weighted by Gasteiger charge is 2.10. The molecule has 0 fully saturated rings. The highest BCUT2D eigenvalue weighted by molar-refractivity contribution is 6.32. The fraction of sp³-hybridized carbons (Fsp3) is 0.308. The first-order valence-electron chi connectivity index (χ1n) is 5.06. The molecule has 2 heteroatoms. The normalized spacial score (nSPS) is 11.3. The van der Waals surface area contributed by atoms with Crippen LogP contribution >= 0.6 is 11.6 Å². The summed E-state index contributed by atoms with van der Waals surface area (Å²) >= 11 is 6.12. The zero-order valence-corrected chi connectivity index (χ0v) is 9.89. The van der Waals surface area contributed by atoms with Gasteiger partial charge in [-0.1, -0.05) is 25.4 Å². The molecule has 0 bridgehead atoms. The van der Waals surface area contributed by atoms with Crippen LogP contribution in [-0.4, -0.2) is 4.98 Å². The highest BCUT2D eigenvalue weighted by Crippen LogP contribution is 2.30. The number of fused-ring (bicyclic) bond motifs is 1. The molecule has 0 aliphatic carbocycles. The summed E-state index contributed by atoms with van der Waals surface area (Å²) in [6.45, 7) is 6.35. The van der Waals surface area contributed by atoms with Gasteiger partial charge in [-0.25, -0.2) is 0 Å². The van der Waals surface area contributed by atoms with E-state index in [-0.39, 0.29) is 0 Å². The third-order valence-corrected chi connectivity index (χ3v) is 3.06. The Morgan fingerprint density at radius 3 is 2.73 bits per heavy atom. The predicted molar refractivity (Wildman–Crippen MR) is 64.4 cm³/mol. The van der Waals surface area contributed by atoms with Crippen molar-refractivity contribution in [2.75, 3.05) is 0 Å². The van der Waals surface area contributed by atoms with Crippen molar-refractivity contribution in [3.05, 3.63) is 40.5 Å². The van der Waals surface area contributed by atoms with Gasteiger partial charge in [0.05, 0.1) is 5.52 Å². The van der Waals surface area contributed by atoms with Crippen molar-refractivity contribution < 1.29 is 0 Å². The maximum Gasteiger partial charge on any atom is 0.0709 e. The van der Waals surface area contributed by atoms with E-state index in [1.165, 1.54) is 5.56 Å². The average molecular weight is 219 g/mol. The van der Waals surface area contributed by atoms with Crippen LogP contribution in [0.25, 0.3) is 10.9 Å². The lowest BCUT2D eigenvalue weighted by Crippen LogP contribution is -1.94. The lowest BCUT2D eigenvalue weighted by atomic mass is 9.96. The van der Waals surface area contributed by atoms with Gasteiger partial charge in [0, 0.05) is 22.7 Å². The van der Waals surface area contributed by atoms with Gasteiger partial charge in [0.15, 0.2) is 0 Å². The topological polar surface area (TPSA) is 12.9 Å². The number of hydrogen-bond donors (Lipinski definition) is 0. The van der Waals surface area contributed by atoms with Gasteiger partial charge in [-0.15, -0.1) is 0 Å². The first kappa shape index (κ1) is 10.4. The molecule has 0 atom stereocenters. The number of halogens is 1. The Morgan fingerprint density at radius 2 is 2.07 bits per heavy atom. The summed E-state index contributed by atoms with van der Waals surface area (Å²) in [7, 11) is 0. The summed E-state index contributed by atoms with van der Waals surface area (Å²) in [5.41, 5.74) is 3.29. The summed E-state index contributed by atoms with van der Waals surface area (Å²) < 4.78 is 0. The van der Waals surface area contributed by atoms with Crippen LogP contribution in [-0.2, 0) is 0 Å². The van der Waals surface area contributed by atoms with Gasteiger partial charge in [0.2, 0.25) is 0 Å².